The molecule has 0 aromatic heterocycles. The molecule has 3 aromatic rings. The van der Waals surface area contributed by atoms with Crippen LogP contribution in [-0.2, 0) is 13.0 Å². The normalized spacial score (nSPS) is 18.5. The zero-order valence-electron chi connectivity index (χ0n) is 19.8. The molecule has 0 aliphatic carbocycles. The minimum absolute atomic E-state index is 0.350. The van der Waals surface area contributed by atoms with Crippen molar-refractivity contribution in [3.63, 3.8) is 0 Å². The summed E-state index contributed by atoms with van der Waals surface area (Å²) in [7, 11) is 4.19. The second-order valence-electron chi connectivity index (χ2n) is 9.48. The van der Waals surface area contributed by atoms with Gasteiger partial charge in [0.2, 0.25) is 0 Å². The molecule has 0 saturated carbocycles. The quantitative estimate of drug-likeness (QED) is 0.513. The topological polar surface area (TPSA) is 27.7 Å². The van der Waals surface area contributed by atoms with Crippen LogP contribution < -0.4 is 19.9 Å². The molecular weight excluding hydrogens is 406 g/mol. The fraction of sp³-hybridized carbons (Fsp3) is 0.379. The Balaban J connectivity index is 1.51. The molecule has 33 heavy (non-hydrogen) atoms. The molecule has 1 unspecified atom stereocenters. The van der Waals surface area contributed by atoms with Gasteiger partial charge < -0.3 is 19.9 Å². The van der Waals surface area contributed by atoms with Crippen LogP contribution in [0.25, 0.3) is 0 Å². The monoisotopic (exact) mass is 441 g/mol. The maximum absolute atomic E-state index is 6.27. The summed E-state index contributed by atoms with van der Waals surface area (Å²) >= 11 is 0. The molecule has 172 valence electrons. The van der Waals surface area contributed by atoms with Gasteiger partial charge >= 0.3 is 0 Å². The molecule has 4 nitrogen and oxygen atoms in total. The number of nitrogens with zero attached hydrogens (tertiary/aromatic N) is 2. The largest absolute Gasteiger partial charge is 0.487 e. The summed E-state index contributed by atoms with van der Waals surface area (Å²) in [5.74, 6) is 0.977. The third-order valence-corrected chi connectivity index (χ3v) is 7.09. The van der Waals surface area contributed by atoms with Crippen LogP contribution in [0.1, 0.15) is 36.8 Å². The first-order valence-corrected chi connectivity index (χ1v) is 12.3. The molecule has 2 atom stereocenters. The Bertz CT molecular complexity index is 1010. The number of nitrogens with one attached hydrogen (secondary N) is 1. The summed E-state index contributed by atoms with van der Waals surface area (Å²) < 4.78 is 6.27. The van der Waals surface area contributed by atoms with Crippen molar-refractivity contribution < 1.29 is 4.74 Å². The van der Waals surface area contributed by atoms with E-state index in [4.69, 9.17) is 4.74 Å². The van der Waals surface area contributed by atoms with Crippen molar-refractivity contribution in [1.29, 1.82) is 0 Å². The van der Waals surface area contributed by atoms with Crippen LogP contribution in [0.5, 0.6) is 5.75 Å². The summed E-state index contributed by atoms with van der Waals surface area (Å²) in [6.07, 6.45) is 5.91. The van der Waals surface area contributed by atoms with Crippen molar-refractivity contribution in [1.82, 2.24) is 5.32 Å². The van der Waals surface area contributed by atoms with Gasteiger partial charge in [0.15, 0.2) is 0 Å². The number of para-hydroxylation sites is 3. The van der Waals surface area contributed by atoms with Crippen LogP contribution in [0.4, 0.5) is 17.1 Å². The van der Waals surface area contributed by atoms with Crippen molar-refractivity contribution in [2.24, 2.45) is 0 Å². The summed E-state index contributed by atoms with van der Waals surface area (Å²) in [5, 5.41) is 3.87. The van der Waals surface area contributed by atoms with Gasteiger partial charge in [-0.05, 0) is 68.1 Å². The van der Waals surface area contributed by atoms with Crippen molar-refractivity contribution in [3.05, 3.63) is 83.9 Å². The van der Waals surface area contributed by atoms with E-state index in [9.17, 15) is 0 Å². The first-order chi connectivity index (χ1) is 16.2. The van der Waals surface area contributed by atoms with E-state index >= 15 is 0 Å². The number of hydrogen-bond acceptors (Lipinski definition) is 4. The van der Waals surface area contributed by atoms with Gasteiger partial charge in [-0.3, -0.25) is 0 Å². The lowest BCUT2D eigenvalue weighted by atomic mass is 9.90. The third-order valence-electron chi connectivity index (χ3n) is 7.09. The highest BCUT2D eigenvalue weighted by Gasteiger charge is 2.33. The van der Waals surface area contributed by atoms with Gasteiger partial charge in [-0.15, -0.1) is 0 Å². The number of fused-ring (bicyclic) bond motifs is 2. The number of anilines is 3. The minimum Gasteiger partial charge on any atom is -0.487 e. The highest BCUT2D eigenvalue weighted by molar-refractivity contribution is 5.73. The number of piperidine rings is 1. The molecule has 4 heteroatoms. The first kappa shape index (κ1) is 21.8. The fourth-order valence-corrected chi connectivity index (χ4v) is 5.28. The zero-order valence-corrected chi connectivity index (χ0v) is 19.8. The number of hydrogen-bond donors (Lipinski definition) is 1. The lowest BCUT2D eigenvalue weighted by molar-refractivity contribution is 0.310. The van der Waals surface area contributed by atoms with E-state index in [2.05, 4.69) is 102 Å². The number of aryl methyl sites for hydroxylation is 1. The van der Waals surface area contributed by atoms with Gasteiger partial charge in [-0.2, -0.15) is 0 Å². The maximum Gasteiger partial charge on any atom is 0.143 e. The Morgan fingerprint density at radius 1 is 0.939 bits per heavy atom. The van der Waals surface area contributed by atoms with Crippen LogP contribution >= 0.6 is 0 Å². The number of ether oxygens (including phenoxy) is 1. The second-order valence-corrected chi connectivity index (χ2v) is 9.48. The van der Waals surface area contributed by atoms with Crippen molar-refractivity contribution in [2.45, 2.75) is 50.8 Å². The van der Waals surface area contributed by atoms with Crippen LogP contribution in [0.15, 0.2) is 72.8 Å². The highest BCUT2D eigenvalue weighted by atomic mass is 16.5. The van der Waals surface area contributed by atoms with Crippen LogP contribution in [0.2, 0.25) is 0 Å². The van der Waals surface area contributed by atoms with Crippen molar-refractivity contribution in [2.75, 3.05) is 30.4 Å². The Morgan fingerprint density at radius 2 is 1.70 bits per heavy atom. The molecule has 1 fully saturated rings. The predicted octanol–water partition coefficient (Wildman–Crippen LogP) is 5.93. The van der Waals surface area contributed by atoms with Crippen LogP contribution in [0.3, 0.4) is 0 Å². The minimum atomic E-state index is 0.350. The van der Waals surface area contributed by atoms with Gasteiger partial charge in [0, 0.05) is 43.1 Å². The van der Waals surface area contributed by atoms with Crippen molar-refractivity contribution >= 4 is 17.1 Å². The maximum atomic E-state index is 6.27. The molecule has 0 amide bonds. The smallest absolute Gasteiger partial charge is 0.143 e. The Hall–Kier alpha value is -2.98. The lowest BCUT2D eigenvalue weighted by Gasteiger charge is -2.41. The zero-order chi connectivity index (χ0) is 22.6. The molecule has 1 N–H and O–H groups in total. The van der Waals surface area contributed by atoms with Crippen LogP contribution in [0, 0.1) is 0 Å². The number of rotatable bonds is 6. The molecule has 1 saturated heterocycles. The first-order valence-electron chi connectivity index (χ1n) is 12.3. The van der Waals surface area contributed by atoms with E-state index in [1.54, 1.807) is 0 Å². The highest BCUT2D eigenvalue weighted by Crippen LogP contribution is 2.42. The number of benzene rings is 3. The van der Waals surface area contributed by atoms with E-state index < -0.39 is 0 Å². The summed E-state index contributed by atoms with van der Waals surface area (Å²) in [4.78, 5) is 4.73. The van der Waals surface area contributed by atoms with Gasteiger partial charge in [-0.25, -0.2) is 0 Å². The molecular formula is C29H35N3O. The molecule has 0 radical (unpaired) electrons. The van der Waals surface area contributed by atoms with E-state index in [-0.39, 0.29) is 0 Å². The van der Waals surface area contributed by atoms with Crippen LogP contribution in [-0.4, -0.2) is 32.7 Å². The summed E-state index contributed by atoms with van der Waals surface area (Å²) in [5.41, 5.74) is 6.36. The second kappa shape index (κ2) is 9.88. The molecule has 2 aliphatic rings. The van der Waals surface area contributed by atoms with Gasteiger partial charge in [0.05, 0.1) is 5.69 Å². The summed E-state index contributed by atoms with van der Waals surface area (Å²) in [6, 6.07) is 27.1. The van der Waals surface area contributed by atoms with Crippen molar-refractivity contribution in [3.8, 4) is 5.75 Å². The molecule has 5 rings (SSSR count). The van der Waals surface area contributed by atoms with E-state index in [0.29, 0.717) is 18.7 Å². The van der Waals surface area contributed by atoms with E-state index in [1.807, 2.05) is 0 Å². The van der Waals surface area contributed by atoms with Gasteiger partial charge in [0.1, 0.15) is 12.4 Å². The van der Waals surface area contributed by atoms with Gasteiger partial charge in [-0.1, -0.05) is 48.9 Å². The Kier molecular flexibility index (Phi) is 6.54. The third kappa shape index (κ3) is 4.72. The summed E-state index contributed by atoms with van der Waals surface area (Å²) in [6.45, 7) is 1.72. The SMILES string of the molecule is CN(C)c1ccc(CC[C@H](C2CCCCN2)N2c3ccccc3COc3ccccc32)cc1. The molecule has 0 spiro atoms. The molecule has 3 aromatic carbocycles. The van der Waals surface area contributed by atoms with Gasteiger partial charge in [0.25, 0.3) is 0 Å². The molecule has 0 bridgehead atoms. The average Bonchev–Trinajstić information content (AvgIpc) is 3.03. The molecule has 2 aliphatic heterocycles. The Labute approximate surface area is 198 Å². The predicted molar refractivity (Wildman–Crippen MR) is 138 cm³/mol. The standard InChI is InChI=1S/C29H35N3O/c1-31(2)24-17-14-22(15-18-24)16-19-27(25-10-7-8-20-30-25)32-26-11-4-3-9-23(26)21-33-29-13-6-5-12-28(29)32/h3-6,9,11-15,17-18,25,27,30H,7-8,10,16,19-21H2,1-2H3/t25?,27-/m1/s1. The Morgan fingerprint density at radius 3 is 2.45 bits per heavy atom. The average molecular weight is 442 g/mol. The molecule has 2 heterocycles. The van der Waals surface area contributed by atoms with E-state index in [0.717, 1.165) is 25.1 Å². The van der Waals surface area contributed by atoms with E-state index in [1.165, 1.54) is 47.5 Å². The fourth-order valence-electron chi connectivity index (χ4n) is 5.28. The lowest BCUT2D eigenvalue weighted by Crippen LogP contribution is -2.51.